The van der Waals surface area contributed by atoms with Gasteiger partial charge in [0.1, 0.15) is 6.54 Å². The van der Waals surface area contributed by atoms with Crippen molar-refractivity contribution in [1.29, 1.82) is 0 Å². The molecule has 26 heavy (non-hydrogen) atoms. The van der Waals surface area contributed by atoms with E-state index in [0.29, 0.717) is 18.4 Å². The monoisotopic (exact) mass is 357 g/mol. The molecule has 1 aliphatic heterocycles. The number of carbonyl (C=O) groups excluding carboxylic acids is 1. The fraction of sp³-hybridized carbons (Fsp3) is 0.556. The Morgan fingerprint density at radius 2 is 2.00 bits per heavy atom. The predicted octanol–water partition coefficient (Wildman–Crippen LogP) is 0.473. The average Bonchev–Trinajstić information content (AvgIpc) is 3.11. The van der Waals surface area contributed by atoms with Gasteiger partial charge in [-0.3, -0.25) is 9.48 Å². The van der Waals surface area contributed by atoms with E-state index in [2.05, 4.69) is 44.3 Å². The molecular formula is C18H27N7O. The molecule has 1 saturated heterocycles. The topological polar surface area (TPSA) is 79.2 Å². The zero-order valence-corrected chi connectivity index (χ0v) is 15.9. The van der Waals surface area contributed by atoms with Crippen LogP contribution in [-0.2, 0) is 11.3 Å². The van der Waals surface area contributed by atoms with Crippen molar-refractivity contribution in [2.75, 3.05) is 38.6 Å². The molecule has 1 fully saturated rings. The van der Waals surface area contributed by atoms with Crippen LogP contribution in [0.3, 0.4) is 0 Å². The number of hydrogen-bond donors (Lipinski definition) is 1. The number of rotatable bonds is 6. The lowest BCUT2D eigenvalue weighted by Crippen LogP contribution is -2.44. The van der Waals surface area contributed by atoms with Gasteiger partial charge in [-0.15, -0.1) is 0 Å². The van der Waals surface area contributed by atoms with Crippen molar-refractivity contribution in [3.05, 3.63) is 35.9 Å². The first kappa shape index (κ1) is 18.3. The van der Waals surface area contributed by atoms with Gasteiger partial charge in [-0.05, 0) is 40.1 Å². The molecule has 1 N–H and O–H groups in total. The predicted molar refractivity (Wildman–Crippen MR) is 99.9 cm³/mol. The standard InChI is InChI=1S/C18H27N7O/c1-13-8-14(2)25(22-13)12-17(26)21-16-11-24(10-15(16)9-23(3)4)18-19-6-5-7-20-18/h5-8,15-16H,9-12H2,1-4H3,(H,21,26)/t15-,16-/m1/s1. The van der Waals surface area contributed by atoms with Crippen molar-refractivity contribution in [3.63, 3.8) is 0 Å². The summed E-state index contributed by atoms with van der Waals surface area (Å²) in [6, 6.07) is 3.85. The highest BCUT2D eigenvalue weighted by Crippen LogP contribution is 2.21. The first-order valence-electron chi connectivity index (χ1n) is 8.89. The van der Waals surface area contributed by atoms with Crippen LogP contribution in [-0.4, -0.2) is 70.3 Å². The summed E-state index contributed by atoms with van der Waals surface area (Å²) < 4.78 is 1.75. The van der Waals surface area contributed by atoms with E-state index in [9.17, 15) is 4.79 Å². The summed E-state index contributed by atoms with van der Waals surface area (Å²) >= 11 is 0. The molecular weight excluding hydrogens is 330 g/mol. The van der Waals surface area contributed by atoms with E-state index in [-0.39, 0.29) is 18.5 Å². The zero-order chi connectivity index (χ0) is 18.7. The van der Waals surface area contributed by atoms with Crippen molar-refractivity contribution < 1.29 is 4.79 Å². The Morgan fingerprint density at radius 1 is 1.27 bits per heavy atom. The van der Waals surface area contributed by atoms with E-state index in [1.807, 2.05) is 26.0 Å². The van der Waals surface area contributed by atoms with Crippen LogP contribution in [0.1, 0.15) is 11.4 Å². The maximum absolute atomic E-state index is 12.6. The molecule has 2 atom stereocenters. The summed E-state index contributed by atoms with van der Waals surface area (Å²) in [6.45, 7) is 6.58. The Kier molecular flexibility index (Phi) is 5.51. The van der Waals surface area contributed by atoms with Gasteiger partial charge >= 0.3 is 0 Å². The molecule has 2 aromatic rings. The molecule has 0 unspecified atom stereocenters. The SMILES string of the molecule is Cc1cc(C)n(CC(=O)N[C@@H]2CN(c3ncccn3)C[C@H]2CN(C)C)n1. The Bertz CT molecular complexity index is 743. The number of carbonyl (C=O) groups is 1. The van der Waals surface area contributed by atoms with Gasteiger partial charge in [0.15, 0.2) is 0 Å². The van der Waals surface area contributed by atoms with Crippen LogP contribution in [0.25, 0.3) is 0 Å². The summed E-state index contributed by atoms with van der Waals surface area (Å²) in [4.78, 5) is 25.6. The van der Waals surface area contributed by atoms with E-state index < -0.39 is 0 Å². The Labute approximate surface area is 154 Å². The third-order valence-corrected chi connectivity index (χ3v) is 4.62. The minimum absolute atomic E-state index is 0.0132. The molecule has 1 aliphatic rings. The smallest absolute Gasteiger partial charge is 0.242 e. The van der Waals surface area contributed by atoms with E-state index >= 15 is 0 Å². The normalized spacial score (nSPS) is 20.0. The second kappa shape index (κ2) is 7.82. The van der Waals surface area contributed by atoms with Gasteiger partial charge in [-0.2, -0.15) is 5.10 Å². The molecule has 2 aromatic heterocycles. The van der Waals surface area contributed by atoms with Crippen LogP contribution in [0.2, 0.25) is 0 Å². The molecule has 8 heteroatoms. The van der Waals surface area contributed by atoms with Gasteiger partial charge in [-0.25, -0.2) is 9.97 Å². The van der Waals surface area contributed by atoms with Crippen LogP contribution >= 0.6 is 0 Å². The van der Waals surface area contributed by atoms with Gasteiger partial charge in [-0.1, -0.05) is 0 Å². The minimum Gasteiger partial charge on any atom is -0.350 e. The lowest BCUT2D eigenvalue weighted by molar-refractivity contribution is -0.122. The number of nitrogens with zero attached hydrogens (tertiary/aromatic N) is 6. The fourth-order valence-electron chi connectivity index (χ4n) is 3.53. The van der Waals surface area contributed by atoms with Gasteiger partial charge in [0.2, 0.25) is 11.9 Å². The van der Waals surface area contributed by atoms with E-state index in [1.165, 1.54) is 0 Å². The Balaban J connectivity index is 1.67. The van der Waals surface area contributed by atoms with Crippen molar-refractivity contribution in [2.24, 2.45) is 5.92 Å². The summed E-state index contributed by atoms with van der Waals surface area (Å²) in [5.74, 6) is 1.02. The lowest BCUT2D eigenvalue weighted by atomic mass is 10.0. The summed E-state index contributed by atoms with van der Waals surface area (Å²) in [5, 5.41) is 7.57. The molecule has 3 rings (SSSR count). The maximum atomic E-state index is 12.6. The van der Waals surface area contributed by atoms with Crippen LogP contribution in [0.15, 0.2) is 24.5 Å². The quantitative estimate of drug-likeness (QED) is 0.810. The lowest BCUT2D eigenvalue weighted by Gasteiger charge is -2.22. The zero-order valence-electron chi connectivity index (χ0n) is 15.9. The second-order valence-corrected chi connectivity index (χ2v) is 7.23. The summed E-state index contributed by atoms with van der Waals surface area (Å²) in [5.41, 5.74) is 1.92. The largest absolute Gasteiger partial charge is 0.350 e. The molecule has 0 aliphatic carbocycles. The van der Waals surface area contributed by atoms with E-state index in [4.69, 9.17) is 0 Å². The fourth-order valence-corrected chi connectivity index (χ4v) is 3.53. The van der Waals surface area contributed by atoms with E-state index in [0.717, 1.165) is 24.5 Å². The number of hydrogen-bond acceptors (Lipinski definition) is 6. The average molecular weight is 357 g/mol. The number of aryl methyl sites for hydroxylation is 2. The molecule has 3 heterocycles. The third kappa shape index (κ3) is 4.37. The maximum Gasteiger partial charge on any atom is 0.242 e. The Morgan fingerprint density at radius 3 is 2.62 bits per heavy atom. The van der Waals surface area contributed by atoms with Gasteiger partial charge in [0.05, 0.1) is 11.7 Å². The van der Waals surface area contributed by atoms with Crippen molar-refractivity contribution in [3.8, 4) is 0 Å². The summed E-state index contributed by atoms with van der Waals surface area (Å²) in [7, 11) is 4.10. The second-order valence-electron chi connectivity index (χ2n) is 7.23. The van der Waals surface area contributed by atoms with E-state index in [1.54, 1.807) is 17.1 Å². The number of anilines is 1. The molecule has 0 aromatic carbocycles. The first-order valence-corrected chi connectivity index (χ1v) is 8.89. The van der Waals surface area contributed by atoms with Crippen molar-refractivity contribution in [2.45, 2.75) is 26.4 Å². The molecule has 140 valence electrons. The Hall–Kier alpha value is -2.48. The molecule has 0 saturated carbocycles. The third-order valence-electron chi connectivity index (χ3n) is 4.62. The van der Waals surface area contributed by atoms with Crippen LogP contribution < -0.4 is 10.2 Å². The van der Waals surface area contributed by atoms with Gasteiger partial charge in [0.25, 0.3) is 0 Å². The highest BCUT2D eigenvalue weighted by Gasteiger charge is 2.35. The molecule has 8 nitrogen and oxygen atoms in total. The highest BCUT2D eigenvalue weighted by molar-refractivity contribution is 5.76. The first-order chi connectivity index (χ1) is 12.4. The summed E-state index contributed by atoms with van der Waals surface area (Å²) in [6.07, 6.45) is 3.50. The molecule has 0 bridgehead atoms. The number of aromatic nitrogens is 4. The highest BCUT2D eigenvalue weighted by atomic mass is 16.2. The van der Waals surface area contributed by atoms with Crippen LogP contribution in [0.4, 0.5) is 5.95 Å². The molecule has 0 spiro atoms. The van der Waals surface area contributed by atoms with Crippen molar-refractivity contribution in [1.82, 2.24) is 30.0 Å². The minimum atomic E-state index is -0.0132. The number of nitrogens with one attached hydrogen (secondary N) is 1. The van der Waals surface area contributed by atoms with Gasteiger partial charge < -0.3 is 15.1 Å². The molecule has 0 radical (unpaired) electrons. The van der Waals surface area contributed by atoms with Crippen molar-refractivity contribution >= 4 is 11.9 Å². The molecule has 1 amide bonds. The van der Waals surface area contributed by atoms with Crippen LogP contribution in [0, 0.1) is 19.8 Å². The van der Waals surface area contributed by atoms with Crippen LogP contribution in [0.5, 0.6) is 0 Å². The van der Waals surface area contributed by atoms with Gasteiger partial charge in [0, 0.05) is 43.6 Å². The number of amides is 1.